The van der Waals surface area contributed by atoms with Crippen molar-refractivity contribution in [1.82, 2.24) is 14.5 Å². The van der Waals surface area contributed by atoms with E-state index in [1.165, 1.54) is 9.47 Å². The Morgan fingerprint density at radius 1 is 1.14 bits per heavy atom. The summed E-state index contributed by atoms with van der Waals surface area (Å²) in [6.45, 7) is 7.63. The summed E-state index contributed by atoms with van der Waals surface area (Å²) in [6, 6.07) is 0. The summed E-state index contributed by atoms with van der Waals surface area (Å²) in [5, 5.41) is 0. The van der Waals surface area contributed by atoms with Crippen molar-refractivity contribution in [2.24, 2.45) is 0 Å². The lowest BCUT2D eigenvalue weighted by molar-refractivity contribution is -0.120. The molecule has 0 spiro atoms. The van der Waals surface area contributed by atoms with E-state index in [2.05, 4.69) is 11.9 Å². The zero-order valence-corrected chi connectivity index (χ0v) is 17.0. The summed E-state index contributed by atoms with van der Waals surface area (Å²) < 4.78 is 6.69. The Kier molecular flexibility index (Phi) is 8.72. The predicted molar refractivity (Wildman–Crippen MR) is 110 cm³/mol. The first-order valence-corrected chi connectivity index (χ1v) is 10.2. The first-order valence-electron chi connectivity index (χ1n) is 10.2. The highest BCUT2D eigenvalue weighted by atomic mass is 16.5. The van der Waals surface area contributed by atoms with Crippen LogP contribution in [0, 0.1) is 0 Å². The summed E-state index contributed by atoms with van der Waals surface area (Å²) in [5.74, 6) is -0.120. The molecule has 1 aromatic heterocycles. The predicted octanol–water partition coefficient (Wildman–Crippen LogP) is 0.774. The molecule has 0 bridgehead atoms. The Bertz CT molecular complexity index is 752. The van der Waals surface area contributed by atoms with Crippen LogP contribution in [0.1, 0.15) is 46.0 Å². The first kappa shape index (κ1) is 22.2. The number of aromatic amines is 1. The second kappa shape index (κ2) is 11.0. The minimum Gasteiger partial charge on any atom is -0.383 e. The topological polar surface area (TPSA) is 114 Å². The van der Waals surface area contributed by atoms with Crippen LogP contribution in [0.3, 0.4) is 0 Å². The van der Waals surface area contributed by atoms with Crippen LogP contribution < -0.4 is 21.9 Å². The number of rotatable bonds is 10. The lowest BCUT2D eigenvalue weighted by Crippen LogP contribution is -2.47. The molecule has 0 unspecified atom stereocenters. The summed E-state index contributed by atoms with van der Waals surface area (Å²) in [5.41, 5.74) is 5.16. The smallest absolute Gasteiger partial charge is 0.330 e. The van der Waals surface area contributed by atoms with Crippen LogP contribution in [0.5, 0.6) is 0 Å². The third-order valence-corrected chi connectivity index (χ3v) is 4.97. The number of morpholine rings is 1. The largest absolute Gasteiger partial charge is 0.383 e. The number of anilines is 2. The highest BCUT2D eigenvalue weighted by Crippen LogP contribution is 2.19. The van der Waals surface area contributed by atoms with Gasteiger partial charge in [0.05, 0.1) is 19.8 Å². The van der Waals surface area contributed by atoms with Crippen molar-refractivity contribution >= 4 is 17.4 Å². The van der Waals surface area contributed by atoms with Gasteiger partial charge < -0.3 is 15.4 Å². The van der Waals surface area contributed by atoms with E-state index < -0.39 is 11.2 Å². The monoisotopic (exact) mass is 395 g/mol. The maximum atomic E-state index is 13.1. The van der Waals surface area contributed by atoms with Crippen LogP contribution in [-0.2, 0) is 16.1 Å². The zero-order chi connectivity index (χ0) is 20.5. The molecule has 0 saturated carbocycles. The molecule has 1 saturated heterocycles. The third-order valence-electron chi connectivity index (χ3n) is 4.97. The fourth-order valence-electron chi connectivity index (χ4n) is 3.29. The van der Waals surface area contributed by atoms with E-state index in [0.717, 1.165) is 32.1 Å². The van der Waals surface area contributed by atoms with Crippen LogP contribution >= 0.6 is 0 Å². The van der Waals surface area contributed by atoms with Crippen LogP contribution in [0.4, 0.5) is 11.5 Å². The number of nitrogen functional groups attached to an aromatic ring is 1. The van der Waals surface area contributed by atoms with Gasteiger partial charge in [0.1, 0.15) is 5.82 Å². The fourth-order valence-corrected chi connectivity index (χ4v) is 3.29. The van der Waals surface area contributed by atoms with E-state index in [1.807, 2.05) is 11.8 Å². The number of unbranched alkanes of at least 4 members (excludes halogenated alkanes) is 3. The molecule has 0 atom stereocenters. The van der Waals surface area contributed by atoms with Gasteiger partial charge in [-0.3, -0.25) is 24.0 Å². The lowest BCUT2D eigenvalue weighted by atomic mass is 10.2. The average molecular weight is 396 g/mol. The number of hydrogen-bond acceptors (Lipinski definition) is 6. The van der Waals surface area contributed by atoms with Crippen molar-refractivity contribution in [3.63, 3.8) is 0 Å². The molecule has 1 fully saturated rings. The van der Waals surface area contributed by atoms with Crippen LogP contribution in [0.25, 0.3) is 0 Å². The molecule has 0 aliphatic carbocycles. The van der Waals surface area contributed by atoms with Crippen molar-refractivity contribution in [1.29, 1.82) is 0 Å². The number of carbonyl (C=O) groups is 1. The van der Waals surface area contributed by atoms with Gasteiger partial charge in [-0.15, -0.1) is 0 Å². The molecule has 1 aromatic rings. The van der Waals surface area contributed by atoms with E-state index in [9.17, 15) is 14.4 Å². The standard InChI is InChI=1S/C19H33N5O4/c1-3-5-7-9-23(15(25)14-22-10-12-28-13-11-22)16-17(20)24(8-6-4-2)19(27)21-18(16)26/h3-14,20H2,1-2H3,(H,21,26,27). The molecule has 0 aromatic carbocycles. The lowest BCUT2D eigenvalue weighted by Gasteiger charge is -2.30. The van der Waals surface area contributed by atoms with Crippen molar-refractivity contribution in [3.05, 3.63) is 20.8 Å². The summed E-state index contributed by atoms with van der Waals surface area (Å²) >= 11 is 0. The summed E-state index contributed by atoms with van der Waals surface area (Å²) in [7, 11) is 0. The second-order valence-corrected chi connectivity index (χ2v) is 7.14. The quantitative estimate of drug-likeness (QED) is 0.566. The molecule has 2 rings (SSSR count). The summed E-state index contributed by atoms with van der Waals surface area (Å²) in [6.07, 6.45) is 4.34. The van der Waals surface area contributed by atoms with Crippen LogP contribution in [-0.4, -0.2) is 59.8 Å². The molecular weight excluding hydrogens is 362 g/mol. The second-order valence-electron chi connectivity index (χ2n) is 7.14. The van der Waals surface area contributed by atoms with Gasteiger partial charge in [0.2, 0.25) is 5.91 Å². The van der Waals surface area contributed by atoms with Gasteiger partial charge in [-0.25, -0.2) is 4.79 Å². The zero-order valence-electron chi connectivity index (χ0n) is 17.0. The van der Waals surface area contributed by atoms with E-state index in [4.69, 9.17) is 10.5 Å². The third kappa shape index (κ3) is 5.68. The van der Waals surface area contributed by atoms with Crippen molar-refractivity contribution < 1.29 is 9.53 Å². The van der Waals surface area contributed by atoms with E-state index in [1.54, 1.807) is 0 Å². The van der Waals surface area contributed by atoms with E-state index in [0.29, 0.717) is 39.4 Å². The molecule has 1 aliphatic rings. The molecule has 9 heteroatoms. The molecule has 2 heterocycles. The molecular formula is C19H33N5O4. The minimum absolute atomic E-state index is 0.0639. The Balaban J connectivity index is 2.34. The number of ether oxygens (including phenoxy) is 1. The SMILES string of the molecule is CCCCCN(C(=O)CN1CCOCC1)c1c(N)n(CCCC)c(=O)[nH]c1=O. The number of aromatic nitrogens is 2. The van der Waals surface area contributed by atoms with Gasteiger partial charge in [-0.2, -0.15) is 0 Å². The van der Waals surface area contributed by atoms with E-state index in [-0.39, 0.29) is 24.0 Å². The number of nitrogens with one attached hydrogen (secondary N) is 1. The molecule has 0 radical (unpaired) electrons. The number of amides is 1. The fraction of sp³-hybridized carbons (Fsp3) is 0.737. The van der Waals surface area contributed by atoms with Gasteiger partial charge in [0.15, 0.2) is 5.69 Å². The minimum atomic E-state index is -0.609. The van der Waals surface area contributed by atoms with E-state index >= 15 is 0 Å². The van der Waals surface area contributed by atoms with Gasteiger partial charge in [-0.05, 0) is 12.8 Å². The Morgan fingerprint density at radius 3 is 2.46 bits per heavy atom. The van der Waals surface area contributed by atoms with Gasteiger partial charge in [-0.1, -0.05) is 33.1 Å². The van der Waals surface area contributed by atoms with Gasteiger partial charge in [0.25, 0.3) is 5.56 Å². The Morgan fingerprint density at radius 2 is 1.82 bits per heavy atom. The molecule has 1 aliphatic heterocycles. The Hall–Kier alpha value is -2.13. The normalized spacial score (nSPS) is 14.9. The van der Waals surface area contributed by atoms with Crippen LogP contribution in [0.15, 0.2) is 9.59 Å². The number of hydrogen-bond donors (Lipinski definition) is 2. The number of nitrogens with zero attached hydrogens (tertiary/aromatic N) is 3. The highest BCUT2D eigenvalue weighted by Gasteiger charge is 2.25. The average Bonchev–Trinajstić information content (AvgIpc) is 2.67. The summed E-state index contributed by atoms with van der Waals surface area (Å²) in [4.78, 5) is 43.6. The van der Waals surface area contributed by atoms with Crippen molar-refractivity contribution in [2.45, 2.75) is 52.5 Å². The van der Waals surface area contributed by atoms with Crippen LogP contribution in [0.2, 0.25) is 0 Å². The van der Waals surface area contributed by atoms with Gasteiger partial charge >= 0.3 is 5.69 Å². The van der Waals surface area contributed by atoms with Crippen molar-refractivity contribution in [3.8, 4) is 0 Å². The molecule has 1 amide bonds. The number of nitrogens with two attached hydrogens (primary N) is 1. The molecule has 3 N–H and O–H groups in total. The highest BCUT2D eigenvalue weighted by molar-refractivity contribution is 5.96. The molecule has 9 nitrogen and oxygen atoms in total. The van der Waals surface area contributed by atoms with Gasteiger partial charge in [0, 0.05) is 26.2 Å². The molecule has 158 valence electrons. The maximum Gasteiger partial charge on any atom is 0.330 e. The van der Waals surface area contributed by atoms with Crippen molar-refractivity contribution in [2.75, 3.05) is 50.0 Å². The Labute approximate surface area is 165 Å². The maximum absolute atomic E-state index is 13.1. The molecule has 28 heavy (non-hydrogen) atoms. The number of carbonyl (C=O) groups excluding carboxylic acids is 1. The first-order chi connectivity index (χ1) is 13.5. The number of H-pyrrole nitrogens is 1.